The lowest BCUT2D eigenvalue weighted by Crippen LogP contribution is -1.96. The maximum Gasteiger partial charge on any atom is 0.313 e. The molecule has 0 bridgehead atoms. The number of fused-ring (bicyclic) bond motifs is 1. The van der Waals surface area contributed by atoms with Gasteiger partial charge in [-0.25, -0.2) is 4.98 Å². The van der Waals surface area contributed by atoms with Crippen molar-refractivity contribution in [2.45, 2.75) is 4.34 Å². The third kappa shape index (κ3) is 2.64. The first-order valence-electron chi connectivity index (χ1n) is 5.51. The molecule has 4 nitrogen and oxygen atoms in total. The Kier molecular flexibility index (Phi) is 3.27. The number of hydrogen-bond donors (Lipinski definition) is 1. The van der Waals surface area contributed by atoms with Crippen molar-refractivity contribution in [2.24, 2.45) is 0 Å². The summed E-state index contributed by atoms with van der Waals surface area (Å²) in [6, 6.07) is 9.64. The lowest BCUT2D eigenvalue weighted by Gasteiger charge is -1.95. The molecule has 0 fully saturated rings. The summed E-state index contributed by atoms with van der Waals surface area (Å²) in [7, 11) is 0. The molecule has 1 aromatic carbocycles. The minimum Gasteiger partial charge on any atom is -0.481 e. The molecule has 0 aliphatic carbocycles. The number of benzene rings is 1. The molecular weight excluding hydrogens is 282 g/mol. The lowest BCUT2D eigenvalue weighted by atomic mass is 10.2. The van der Waals surface area contributed by atoms with Gasteiger partial charge in [0.25, 0.3) is 0 Å². The summed E-state index contributed by atoms with van der Waals surface area (Å²) in [4.78, 5) is 14.9. The van der Waals surface area contributed by atoms with Gasteiger partial charge in [-0.05, 0) is 30.3 Å². The van der Waals surface area contributed by atoms with Crippen LogP contribution in [-0.4, -0.2) is 21.8 Å². The number of rotatable bonds is 4. The van der Waals surface area contributed by atoms with Crippen LogP contribution in [-0.2, 0) is 4.79 Å². The maximum absolute atomic E-state index is 10.5. The summed E-state index contributed by atoms with van der Waals surface area (Å²) in [5, 5.41) is 8.66. The summed E-state index contributed by atoms with van der Waals surface area (Å²) < 4.78 is 7.16. The van der Waals surface area contributed by atoms with Crippen molar-refractivity contribution in [1.82, 2.24) is 4.98 Å². The normalized spacial score (nSPS) is 10.9. The lowest BCUT2D eigenvalue weighted by molar-refractivity contribution is -0.133. The Morgan fingerprint density at radius 2 is 2.32 bits per heavy atom. The molecule has 6 heteroatoms. The van der Waals surface area contributed by atoms with E-state index in [0.29, 0.717) is 0 Å². The topological polar surface area (TPSA) is 63.3 Å². The first-order chi connectivity index (χ1) is 9.22. The fraction of sp³-hybridized carbons (Fsp3) is 0.0769. The SMILES string of the molecule is O=C(O)CSc1nc2ccc(-c3ccco3)cc2s1. The van der Waals surface area contributed by atoms with E-state index in [9.17, 15) is 4.79 Å². The van der Waals surface area contributed by atoms with E-state index in [0.717, 1.165) is 25.9 Å². The number of aromatic nitrogens is 1. The molecule has 3 rings (SSSR count). The Labute approximate surface area is 117 Å². The summed E-state index contributed by atoms with van der Waals surface area (Å²) in [5.41, 5.74) is 1.88. The van der Waals surface area contributed by atoms with Crippen LogP contribution in [0.3, 0.4) is 0 Å². The Morgan fingerprint density at radius 3 is 3.05 bits per heavy atom. The molecular formula is C13H9NO3S2. The van der Waals surface area contributed by atoms with Crippen molar-refractivity contribution >= 4 is 39.3 Å². The first-order valence-corrected chi connectivity index (χ1v) is 7.31. The molecule has 0 unspecified atom stereocenters. The van der Waals surface area contributed by atoms with Crippen LogP contribution < -0.4 is 0 Å². The van der Waals surface area contributed by atoms with E-state index in [1.54, 1.807) is 6.26 Å². The molecule has 0 saturated heterocycles. The molecule has 0 amide bonds. The van der Waals surface area contributed by atoms with Crippen molar-refractivity contribution < 1.29 is 14.3 Å². The Morgan fingerprint density at radius 1 is 1.42 bits per heavy atom. The minimum absolute atomic E-state index is 0.0326. The number of carboxylic acid groups (broad SMARTS) is 1. The zero-order chi connectivity index (χ0) is 13.2. The van der Waals surface area contributed by atoms with Gasteiger partial charge in [0.2, 0.25) is 0 Å². The predicted octanol–water partition coefficient (Wildman–Crippen LogP) is 3.73. The number of aliphatic carboxylic acids is 1. The van der Waals surface area contributed by atoms with Gasteiger partial charge in [0, 0.05) is 5.56 Å². The van der Waals surface area contributed by atoms with E-state index >= 15 is 0 Å². The molecule has 96 valence electrons. The van der Waals surface area contributed by atoms with E-state index in [2.05, 4.69) is 4.98 Å². The summed E-state index contributed by atoms with van der Waals surface area (Å²) in [6.07, 6.45) is 1.64. The summed E-state index contributed by atoms with van der Waals surface area (Å²) >= 11 is 2.74. The molecule has 2 heterocycles. The fourth-order valence-corrected chi connectivity index (χ4v) is 3.51. The zero-order valence-electron chi connectivity index (χ0n) is 9.70. The summed E-state index contributed by atoms with van der Waals surface area (Å²) in [6.45, 7) is 0. The number of nitrogens with zero attached hydrogens (tertiary/aromatic N) is 1. The largest absolute Gasteiger partial charge is 0.481 e. The van der Waals surface area contributed by atoms with Crippen molar-refractivity contribution in [1.29, 1.82) is 0 Å². The van der Waals surface area contributed by atoms with Crippen LogP contribution in [0.1, 0.15) is 0 Å². The van der Waals surface area contributed by atoms with E-state index in [-0.39, 0.29) is 5.75 Å². The van der Waals surface area contributed by atoms with Gasteiger partial charge in [0.05, 0.1) is 22.2 Å². The van der Waals surface area contributed by atoms with E-state index in [4.69, 9.17) is 9.52 Å². The van der Waals surface area contributed by atoms with Crippen molar-refractivity contribution in [3.05, 3.63) is 36.6 Å². The number of carbonyl (C=O) groups is 1. The van der Waals surface area contributed by atoms with E-state index < -0.39 is 5.97 Å². The number of thioether (sulfide) groups is 1. The molecule has 19 heavy (non-hydrogen) atoms. The van der Waals surface area contributed by atoms with Gasteiger partial charge in [0.1, 0.15) is 5.76 Å². The highest BCUT2D eigenvalue weighted by Gasteiger charge is 2.08. The molecule has 0 spiro atoms. The molecule has 1 N–H and O–H groups in total. The third-order valence-electron chi connectivity index (χ3n) is 2.49. The average Bonchev–Trinajstić information content (AvgIpc) is 3.04. The number of carboxylic acids is 1. The maximum atomic E-state index is 10.5. The Balaban J connectivity index is 1.93. The highest BCUT2D eigenvalue weighted by Crippen LogP contribution is 2.32. The molecule has 2 aromatic heterocycles. The Bertz CT molecular complexity index is 719. The van der Waals surface area contributed by atoms with Crippen molar-refractivity contribution in [2.75, 3.05) is 5.75 Å². The number of thiazole rings is 1. The summed E-state index contributed by atoms with van der Waals surface area (Å²) in [5.74, 6) is 0.0146. The number of furan rings is 1. The molecule has 0 radical (unpaired) electrons. The van der Waals surface area contributed by atoms with Gasteiger partial charge in [-0.2, -0.15) is 0 Å². The van der Waals surface area contributed by atoms with Crippen LogP contribution in [0.15, 0.2) is 45.4 Å². The molecule has 0 atom stereocenters. The second-order valence-corrected chi connectivity index (χ2v) is 6.08. The fourth-order valence-electron chi connectivity index (χ4n) is 1.68. The van der Waals surface area contributed by atoms with Crippen LogP contribution >= 0.6 is 23.1 Å². The minimum atomic E-state index is -0.833. The second kappa shape index (κ2) is 5.07. The monoisotopic (exact) mass is 291 g/mol. The van der Waals surface area contributed by atoms with Gasteiger partial charge in [-0.3, -0.25) is 4.79 Å². The second-order valence-electron chi connectivity index (χ2n) is 3.82. The van der Waals surface area contributed by atoms with Crippen LogP contribution in [0, 0.1) is 0 Å². The smallest absolute Gasteiger partial charge is 0.313 e. The Hall–Kier alpha value is -1.79. The quantitative estimate of drug-likeness (QED) is 0.742. The standard InChI is InChI=1S/C13H9NO3S2/c15-12(16)7-18-13-14-9-4-3-8(6-11(9)19-13)10-2-1-5-17-10/h1-6H,7H2,(H,15,16). The predicted molar refractivity (Wildman–Crippen MR) is 75.7 cm³/mol. The molecule has 0 saturated carbocycles. The van der Waals surface area contributed by atoms with Gasteiger partial charge in [-0.1, -0.05) is 11.8 Å². The first kappa shape index (κ1) is 12.3. The van der Waals surface area contributed by atoms with E-state index in [1.165, 1.54) is 23.1 Å². The van der Waals surface area contributed by atoms with Crippen LogP contribution in [0.4, 0.5) is 0 Å². The third-order valence-corrected chi connectivity index (χ3v) is 4.64. The van der Waals surface area contributed by atoms with Crippen LogP contribution in [0.2, 0.25) is 0 Å². The van der Waals surface area contributed by atoms with E-state index in [1.807, 2.05) is 30.3 Å². The van der Waals surface area contributed by atoms with Crippen LogP contribution in [0.5, 0.6) is 0 Å². The van der Waals surface area contributed by atoms with Gasteiger partial charge < -0.3 is 9.52 Å². The highest BCUT2D eigenvalue weighted by atomic mass is 32.2. The zero-order valence-corrected chi connectivity index (χ0v) is 11.3. The highest BCUT2D eigenvalue weighted by molar-refractivity contribution is 8.01. The molecule has 3 aromatic rings. The van der Waals surface area contributed by atoms with Crippen molar-refractivity contribution in [3.8, 4) is 11.3 Å². The molecule has 0 aliphatic rings. The van der Waals surface area contributed by atoms with Gasteiger partial charge in [-0.15, -0.1) is 11.3 Å². The average molecular weight is 291 g/mol. The number of hydrogen-bond acceptors (Lipinski definition) is 5. The van der Waals surface area contributed by atoms with Crippen molar-refractivity contribution in [3.63, 3.8) is 0 Å². The van der Waals surface area contributed by atoms with Gasteiger partial charge in [0.15, 0.2) is 4.34 Å². The molecule has 0 aliphatic heterocycles. The van der Waals surface area contributed by atoms with Gasteiger partial charge >= 0.3 is 5.97 Å². The van der Waals surface area contributed by atoms with Crippen LogP contribution in [0.25, 0.3) is 21.5 Å².